The molecule has 0 spiro atoms. The van der Waals surface area contributed by atoms with Crippen LogP contribution in [0.3, 0.4) is 0 Å². The third kappa shape index (κ3) is 3.44. The molecule has 0 saturated heterocycles. The number of fused-ring (bicyclic) bond motifs is 1. The van der Waals surface area contributed by atoms with Gasteiger partial charge in [0.2, 0.25) is 0 Å². The number of carbonyl (C=O) groups is 1. The topological polar surface area (TPSA) is 78.5 Å². The highest BCUT2D eigenvalue weighted by Crippen LogP contribution is 2.12. The van der Waals surface area contributed by atoms with E-state index in [0.29, 0.717) is 23.6 Å². The summed E-state index contributed by atoms with van der Waals surface area (Å²) in [5.41, 5.74) is 1.20. The minimum atomic E-state index is -0.350. The molecule has 0 aliphatic carbocycles. The van der Waals surface area contributed by atoms with Crippen molar-refractivity contribution in [3.8, 4) is 6.07 Å². The van der Waals surface area contributed by atoms with Crippen LogP contribution in [0, 0.1) is 11.3 Å². The van der Waals surface area contributed by atoms with Gasteiger partial charge < -0.3 is 4.90 Å². The normalized spacial score (nSPS) is 10.6. The first-order chi connectivity index (χ1) is 12.1. The van der Waals surface area contributed by atoms with Gasteiger partial charge in [0.15, 0.2) is 4.96 Å². The van der Waals surface area contributed by atoms with Crippen molar-refractivity contribution in [1.29, 1.82) is 5.26 Å². The lowest BCUT2D eigenvalue weighted by Gasteiger charge is -2.22. The van der Waals surface area contributed by atoms with E-state index in [4.69, 9.17) is 5.26 Å². The van der Waals surface area contributed by atoms with Crippen LogP contribution in [-0.4, -0.2) is 26.7 Å². The van der Waals surface area contributed by atoms with Crippen LogP contribution in [0.25, 0.3) is 4.96 Å². The second-order valence-electron chi connectivity index (χ2n) is 5.57. The minimum absolute atomic E-state index is 0.0676. The summed E-state index contributed by atoms with van der Waals surface area (Å²) >= 11 is 1.35. The Morgan fingerprint density at radius 1 is 1.36 bits per heavy atom. The van der Waals surface area contributed by atoms with Crippen LogP contribution >= 0.6 is 11.3 Å². The quantitative estimate of drug-likeness (QED) is 0.707. The van der Waals surface area contributed by atoms with Gasteiger partial charge in [-0.2, -0.15) is 5.26 Å². The molecule has 2 heterocycles. The number of hydrogen-bond donors (Lipinski definition) is 0. The molecule has 0 bridgehead atoms. The van der Waals surface area contributed by atoms with E-state index in [0.717, 1.165) is 12.0 Å². The van der Waals surface area contributed by atoms with Crippen LogP contribution in [0.4, 0.5) is 0 Å². The number of nitrogens with zero attached hydrogens (tertiary/aromatic N) is 4. The lowest BCUT2D eigenvalue weighted by molar-refractivity contribution is 0.0741. The first-order valence-electron chi connectivity index (χ1n) is 7.87. The molecule has 0 unspecified atom stereocenters. The zero-order valence-electron chi connectivity index (χ0n) is 13.7. The van der Waals surface area contributed by atoms with Crippen LogP contribution in [-0.2, 0) is 6.54 Å². The molecule has 2 aromatic heterocycles. The molecule has 0 aliphatic rings. The SMILES string of the molecule is CCCN(Cc1ccc(C#N)cc1)C(=O)c1cnc2sccn2c1=O. The van der Waals surface area contributed by atoms with Gasteiger partial charge in [0.05, 0.1) is 11.6 Å². The number of hydrogen-bond acceptors (Lipinski definition) is 5. The van der Waals surface area contributed by atoms with E-state index >= 15 is 0 Å². The van der Waals surface area contributed by atoms with Gasteiger partial charge in [-0.1, -0.05) is 19.1 Å². The molecule has 0 radical (unpaired) electrons. The third-order valence-electron chi connectivity index (χ3n) is 3.81. The number of nitriles is 1. The predicted molar refractivity (Wildman–Crippen MR) is 95.5 cm³/mol. The summed E-state index contributed by atoms with van der Waals surface area (Å²) in [5.74, 6) is -0.329. The minimum Gasteiger partial charge on any atom is -0.334 e. The summed E-state index contributed by atoms with van der Waals surface area (Å²) in [6.07, 6.45) is 3.76. The van der Waals surface area contributed by atoms with Crippen molar-refractivity contribution in [2.24, 2.45) is 0 Å². The molecule has 0 fully saturated rings. The first-order valence-corrected chi connectivity index (χ1v) is 8.75. The van der Waals surface area contributed by atoms with E-state index in [2.05, 4.69) is 11.1 Å². The van der Waals surface area contributed by atoms with Crippen LogP contribution < -0.4 is 5.56 Å². The zero-order chi connectivity index (χ0) is 17.8. The van der Waals surface area contributed by atoms with Gasteiger partial charge in [0, 0.05) is 30.9 Å². The fourth-order valence-electron chi connectivity index (χ4n) is 2.57. The van der Waals surface area contributed by atoms with E-state index in [-0.39, 0.29) is 17.0 Å². The molecule has 0 saturated carbocycles. The Kier molecular flexibility index (Phi) is 4.91. The summed E-state index contributed by atoms with van der Waals surface area (Å²) in [7, 11) is 0. The summed E-state index contributed by atoms with van der Waals surface area (Å²) in [5, 5.41) is 10.6. The predicted octanol–water partition coefficient (Wildman–Crippen LogP) is 2.68. The van der Waals surface area contributed by atoms with Gasteiger partial charge in [0.1, 0.15) is 5.56 Å². The Labute approximate surface area is 148 Å². The van der Waals surface area contributed by atoms with Gasteiger partial charge in [-0.05, 0) is 24.1 Å². The largest absolute Gasteiger partial charge is 0.334 e. The molecule has 1 aromatic carbocycles. The number of rotatable bonds is 5. The molecule has 0 atom stereocenters. The lowest BCUT2D eigenvalue weighted by atomic mass is 10.1. The van der Waals surface area contributed by atoms with Crippen molar-refractivity contribution in [2.45, 2.75) is 19.9 Å². The molecule has 3 rings (SSSR count). The second-order valence-corrected chi connectivity index (χ2v) is 6.44. The number of benzene rings is 1. The van der Waals surface area contributed by atoms with Gasteiger partial charge in [-0.25, -0.2) is 4.98 Å². The Hall–Kier alpha value is -2.98. The average molecular weight is 352 g/mol. The lowest BCUT2D eigenvalue weighted by Crippen LogP contribution is -2.35. The molecule has 7 heteroatoms. The van der Waals surface area contributed by atoms with Crippen molar-refractivity contribution < 1.29 is 4.79 Å². The van der Waals surface area contributed by atoms with Gasteiger partial charge in [-0.3, -0.25) is 14.0 Å². The summed E-state index contributed by atoms with van der Waals surface area (Å²) < 4.78 is 1.39. The van der Waals surface area contributed by atoms with Crippen LogP contribution in [0.15, 0.2) is 46.8 Å². The van der Waals surface area contributed by atoms with E-state index in [1.165, 1.54) is 21.9 Å². The fourth-order valence-corrected chi connectivity index (χ4v) is 3.24. The standard InChI is InChI=1S/C18H16N4O2S/c1-2-7-21(12-14-5-3-13(10-19)4-6-14)16(23)15-11-20-18-22(17(15)24)8-9-25-18/h3-6,8-9,11H,2,7,12H2,1H3. The molecular weight excluding hydrogens is 336 g/mol. The van der Waals surface area contributed by atoms with Crippen LogP contribution in [0.2, 0.25) is 0 Å². The number of carbonyl (C=O) groups excluding carboxylic acids is 1. The molecule has 6 nitrogen and oxygen atoms in total. The van der Waals surface area contributed by atoms with Crippen molar-refractivity contribution in [1.82, 2.24) is 14.3 Å². The average Bonchev–Trinajstić information content (AvgIpc) is 3.11. The molecule has 0 aliphatic heterocycles. The first kappa shape index (κ1) is 16.9. The summed E-state index contributed by atoms with van der Waals surface area (Å²) in [6.45, 7) is 2.89. The highest BCUT2D eigenvalue weighted by molar-refractivity contribution is 7.15. The number of thiazole rings is 1. The Balaban J connectivity index is 1.90. The number of amides is 1. The summed E-state index contributed by atoms with van der Waals surface area (Å²) in [4.78, 5) is 31.8. The maximum Gasteiger partial charge on any atom is 0.271 e. The monoisotopic (exact) mass is 352 g/mol. The van der Waals surface area contributed by atoms with Crippen LogP contribution in [0.5, 0.6) is 0 Å². The second kappa shape index (κ2) is 7.28. The third-order valence-corrected chi connectivity index (χ3v) is 4.58. The van der Waals surface area contributed by atoms with E-state index in [1.807, 2.05) is 19.1 Å². The Morgan fingerprint density at radius 2 is 2.12 bits per heavy atom. The molecule has 25 heavy (non-hydrogen) atoms. The van der Waals surface area contributed by atoms with Crippen molar-refractivity contribution >= 4 is 22.2 Å². The van der Waals surface area contributed by atoms with Crippen molar-refractivity contribution in [3.05, 3.63) is 69.1 Å². The molecule has 1 amide bonds. The Bertz CT molecular complexity index is 998. The fraction of sp³-hybridized carbons (Fsp3) is 0.222. The van der Waals surface area contributed by atoms with Crippen molar-refractivity contribution in [2.75, 3.05) is 6.54 Å². The van der Waals surface area contributed by atoms with E-state index in [1.54, 1.807) is 28.6 Å². The van der Waals surface area contributed by atoms with Crippen molar-refractivity contribution in [3.63, 3.8) is 0 Å². The van der Waals surface area contributed by atoms with Gasteiger partial charge in [0.25, 0.3) is 11.5 Å². The highest BCUT2D eigenvalue weighted by atomic mass is 32.1. The van der Waals surface area contributed by atoms with Gasteiger partial charge >= 0.3 is 0 Å². The van der Waals surface area contributed by atoms with E-state index in [9.17, 15) is 9.59 Å². The molecule has 126 valence electrons. The molecular formula is C18H16N4O2S. The van der Waals surface area contributed by atoms with Crippen LogP contribution in [0.1, 0.15) is 34.8 Å². The van der Waals surface area contributed by atoms with Gasteiger partial charge in [-0.15, -0.1) is 11.3 Å². The maximum absolute atomic E-state index is 12.9. The molecule has 3 aromatic rings. The molecule has 0 N–H and O–H groups in total. The number of aromatic nitrogens is 2. The maximum atomic E-state index is 12.9. The highest BCUT2D eigenvalue weighted by Gasteiger charge is 2.20. The van der Waals surface area contributed by atoms with E-state index < -0.39 is 0 Å². The smallest absolute Gasteiger partial charge is 0.271 e. The Morgan fingerprint density at radius 3 is 2.80 bits per heavy atom. The zero-order valence-corrected chi connectivity index (χ0v) is 14.5. The summed E-state index contributed by atoms with van der Waals surface area (Å²) in [6, 6.07) is 9.15.